The lowest BCUT2D eigenvalue weighted by Crippen LogP contribution is -2.56. The third kappa shape index (κ3) is 3.42. The lowest BCUT2D eigenvalue weighted by Gasteiger charge is -2.40. The van der Waals surface area contributed by atoms with E-state index >= 15 is 0 Å². The summed E-state index contributed by atoms with van der Waals surface area (Å²) in [6.45, 7) is 7.89. The van der Waals surface area contributed by atoms with Crippen LogP contribution >= 0.6 is 0 Å². The molecule has 0 bridgehead atoms. The number of nitrogens with zero attached hydrogens (tertiary/aromatic N) is 2. The van der Waals surface area contributed by atoms with Gasteiger partial charge in [-0.15, -0.1) is 0 Å². The summed E-state index contributed by atoms with van der Waals surface area (Å²) in [4.78, 5) is 4.75. The number of rotatable bonds is 7. The molecule has 1 heterocycles. The van der Waals surface area contributed by atoms with E-state index in [1.165, 1.54) is 6.42 Å². The highest BCUT2D eigenvalue weighted by Gasteiger charge is 2.38. The van der Waals surface area contributed by atoms with Gasteiger partial charge in [-0.2, -0.15) is 0 Å². The Morgan fingerprint density at radius 1 is 1.25 bits per heavy atom. The highest BCUT2D eigenvalue weighted by Crippen LogP contribution is 2.25. The van der Waals surface area contributed by atoms with Crippen molar-refractivity contribution in [2.75, 3.05) is 53.5 Å². The summed E-state index contributed by atoms with van der Waals surface area (Å²) in [5.74, 6) is 0. The van der Waals surface area contributed by atoms with Crippen molar-refractivity contribution in [3.63, 3.8) is 0 Å². The summed E-state index contributed by atoms with van der Waals surface area (Å²) in [7, 11) is 4.23. The van der Waals surface area contributed by atoms with Gasteiger partial charge in [0, 0.05) is 26.2 Å². The molecule has 4 heteroatoms. The molecule has 0 radical (unpaired) electrons. The zero-order valence-electron chi connectivity index (χ0n) is 11.0. The van der Waals surface area contributed by atoms with Crippen LogP contribution in [0, 0.1) is 0 Å². The van der Waals surface area contributed by atoms with E-state index in [2.05, 4.69) is 30.8 Å². The molecule has 4 nitrogen and oxygen atoms in total. The molecular formula is C12H27N3O. The molecule has 1 atom stereocenters. The quantitative estimate of drug-likeness (QED) is 0.685. The van der Waals surface area contributed by atoms with Crippen LogP contribution in [0.15, 0.2) is 0 Å². The Hall–Kier alpha value is -0.160. The second-order valence-corrected chi connectivity index (χ2v) is 5.02. The standard InChI is InChI=1S/C12H27N3O/c1-4-6-15(8-7-14(2)3)12(10-13)5-9-16-11-12/h4-11,13H2,1-3H3. The number of hydrogen-bond donors (Lipinski definition) is 1. The molecule has 0 aliphatic carbocycles. The van der Waals surface area contributed by atoms with Gasteiger partial charge in [0.05, 0.1) is 12.1 Å². The maximum absolute atomic E-state index is 5.97. The van der Waals surface area contributed by atoms with Crippen molar-refractivity contribution in [1.29, 1.82) is 0 Å². The zero-order valence-corrected chi connectivity index (χ0v) is 11.0. The molecule has 16 heavy (non-hydrogen) atoms. The van der Waals surface area contributed by atoms with Gasteiger partial charge in [0.15, 0.2) is 0 Å². The van der Waals surface area contributed by atoms with E-state index in [1.807, 2.05) is 0 Å². The average Bonchev–Trinajstić information content (AvgIpc) is 2.73. The van der Waals surface area contributed by atoms with Crippen LogP contribution in [0.1, 0.15) is 19.8 Å². The molecule has 1 aliphatic heterocycles. The predicted molar refractivity (Wildman–Crippen MR) is 67.6 cm³/mol. The van der Waals surface area contributed by atoms with Gasteiger partial charge in [0.25, 0.3) is 0 Å². The number of hydrogen-bond acceptors (Lipinski definition) is 4. The van der Waals surface area contributed by atoms with E-state index in [0.717, 1.165) is 39.3 Å². The van der Waals surface area contributed by atoms with E-state index < -0.39 is 0 Å². The molecule has 96 valence electrons. The molecule has 1 saturated heterocycles. The van der Waals surface area contributed by atoms with Crippen LogP contribution < -0.4 is 5.73 Å². The Morgan fingerprint density at radius 3 is 2.44 bits per heavy atom. The Morgan fingerprint density at radius 2 is 2.00 bits per heavy atom. The van der Waals surface area contributed by atoms with E-state index in [1.54, 1.807) is 0 Å². The van der Waals surface area contributed by atoms with Gasteiger partial charge in [0.2, 0.25) is 0 Å². The minimum atomic E-state index is 0.103. The highest BCUT2D eigenvalue weighted by molar-refractivity contribution is 4.95. The number of ether oxygens (including phenoxy) is 1. The fourth-order valence-corrected chi connectivity index (χ4v) is 2.31. The summed E-state index contributed by atoms with van der Waals surface area (Å²) in [6, 6.07) is 0. The Balaban J connectivity index is 2.58. The normalized spacial score (nSPS) is 25.9. The maximum atomic E-state index is 5.97. The van der Waals surface area contributed by atoms with E-state index in [9.17, 15) is 0 Å². The van der Waals surface area contributed by atoms with Crippen molar-refractivity contribution in [3.8, 4) is 0 Å². The first-order valence-corrected chi connectivity index (χ1v) is 6.32. The second-order valence-electron chi connectivity index (χ2n) is 5.02. The lowest BCUT2D eigenvalue weighted by molar-refractivity contribution is 0.0662. The first-order valence-electron chi connectivity index (χ1n) is 6.32. The molecule has 1 aliphatic rings. The van der Waals surface area contributed by atoms with Crippen molar-refractivity contribution >= 4 is 0 Å². The molecule has 1 unspecified atom stereocenters. The number of nitrogens with two attached hydrogens (primary N) is 1. The van der Waals surface area contributed by atoms with E-state index in [0.29, 0.717) is 6.54 Å². The molecule has 0 spiro atoms. The molecule has 1 fully saturated rings. The Labute approximate surface area is 99.7 Å². The summed E-state index contributed by atoms with van der Waals surface area (Å²) in [5, 5.41) is 0. The third-order valence-corrected chi connectivity index (χ3v) is 3.44. The average molecular weight is 229 g/mol. The van der Waals surface area contributed by atoms with Crippen molar-refractivity contribution in [2.24, 2.45) is 5.73 Å². The van der Waals surface area contributed by atoms with E-state index in [4.69, 9.17) is 10.5 Å². The molecular weight excluding hydrogens is 202 g/mol. The molecule has 0 amide bonds. The molecule has 0 saturated carbocycles. The zero-order chi connectivity index (χ0) is 12.0. The van der Waals surface area contributed by atoms with Crippen molar-refractivity contribution in [1.82, 2.24) is 9.80 Å². The van der Waals surface area contributed by atoms with Gasteiger partial charge in [0.1, 0.15) is 0 Å². The van der Waals surface area contributed by atoms with Crippen molar-refractivity contribution < 1.29 is 4.74 Å². The Bertz CT molecular complexity index is 191. The van der Waals surface area contributed by atoms with Gasteiger partial charge in [-0.3, -0.25) is 4.90 Å². The first-order chi connectivity index (χ1) is 7.64. The van der Waals surface area contributed by atoms with Crippen LogP contribution in [0.3, 0.4) is 0 Å². The van der Waals surface area contributed by atoms with Crippen LogP contribution in [0.25, 0.3) is 0 Å². The molecule has 0 aromatic rings. The smallest absolute Gasteiger partial charge is 0.0663 e. The topological polar surface area (TPSA) is 41.7 Å². The van der Waals surface area contributed by atoms with Crippen LogP contribution in [-0.2, 0) is 4.74 Å². The molecule has 0 aromatic carbocycles. The highest BCUT2D eigenvalue weighted by atomic mass is 16.5. The first kappa shape index (κ1) is 13.9. The maximum Gasteiger partial charge on any atom is 0.0663 e. The van der Waals surface area contributed by atoms with Crippen LogP contribution in [0.4, 0.5) is 0 Å². The molecule has 2 N–H and O–H groups in total. The van der Waals surface area contributed by atoms with E-state index in [-0.39, 0.29) is 5.54 Å². The van der Waals surface area contributed by atoms with Crippen molar-refractivity contribution in [3.05, 3.63) is 0 Å². The third-order valence-electron chi connectivity index (χ3n) is 3.44. The lowest BCUT2D eigenvalue weighted by atomic mass is 9.96. The SMILES string of the molecule is CCCN(CCN(C)C)C1(CN)CCOC1. The molecule has 1 rings (SSSR count). The summed E-state index contributed by atoms with van der Waals surface area (Å²) >= 11 is 0. The van der Waals surface area contributed by atoms with Crippen molar-refractivity contribution in [2.45, 2.75) is 25.3 Å². The van der Waals surface area contributed by atoms with Crippen LogP contribution in [0.5, 0.6) is 0 Å². The Kier molecular flexibility index (Phi) is 5.69. The fourth-order valence-electron chi connectivity index (χ4n) is 2.31. The largest absolute Gasteiger partial charge is 0.379 e. The van der Waals surface area contributed by atoms with Crippen LogP contribution in [-0.4, -0.2) is 68.8 Å². The minimum Gasteiger partial charge on any atom is -0.379 e. The summed E-state index contributed by atoms with van der Waals surface area (Å²) in [5.41, 5.74) is 6.07. The van der Waals surface area contributed by atoms with Gasteiger partial charge in [-0.05, 0) is 33.5 Å². The minimum absolute atomic E-state index is 0.103. The van der Waals surface area contributed by atoms with Gasteiger partial charge in [-0.1, -0.05) is 6.92 Å². The predicted octanol–water partition coefficient (Wildman–Crippen LogP) is 0.378. The van der Waals surface area contributed by atoms with Gasteiger partial charge >= 0.3 is 0 Å². The second kappa shape index (κ2) is 6.55. The van der Waals surface area contributed by atoms with Gasteiger partial charge < -0.3 is 15.4 Å². The fraction of sp³-hybridized carbons (Fsp3) is 1.00. The van der Waals surface area contributed by atoms with Crippen LogP contribution in [0.2, 0.25) is 0 Å². The summed E-state index contributed by atoms with van der Waals surface area (Å²) < 4.78 is 5.55. The summed E-state index contributed by atoms with van der Waals surface area (Å²) in [6.07, 6.45) is 2.26. The monoisotopic (exact) mass is 229 g/mol. The van der Waals surface area contributed by atoms with Gasteiger partial charge in [-0.25, -0.2) is 0 Å². The molecule has 0 aromatic heterocycles. The number of likely N-dealkylation sites (N-methyl/N-ethyl adjacent to an activating group) is 1.